The first-order chi connectivity index (χ1) is 9.88. The topological polar surface area (TPSA) is 51.0 Å². The fourth-order valence-corrected chi connectivity index (χ4v) is 3.41. The van der Waals surface area contributed by atoms with Gasteiger partial charge >= 0.3 is 0 Å². The van der Waals surface area contributed by atoms with Crippen molar-refractivity contribution in [3.8, 4) is 0 Å². The summed E-state index contributed by atoms with van der Waals surface area (Å²) < 4.78 is 5.63. The summed E-state index contributed by atoms with van der Waals surface area (Å²) in [6.07, 6.45) is 11.4. The van der Waals surface area contributed by atoms with E-state index in [2.05, 4.69) is 17.4 Å². The first-order valence-corrected chi connectivity index (χ1v) is 8.45. The minimum atomic E-state index is 0.422. The van der Waals surface area contributed by atoms with Gasteiger partial charge in [0, 0.05) is 12.0 Å². The Bertz CT molecular complexity index is 414. The second-order valence-corrected chi connectivity index (χ2v) is 6.42. The standard InChI is InChI=1S/C16H27N3O/c1-2-11-17-14-10-5-3-4-9-13(14)16-18-15(19-20-16)12-7-6-8-12/h12-14,17H,2-11H2,1H3. The van der Waals surface area contributed by atoms with Crippen molar-refractivity contribution in [2.24, 2.45) is 0 Å². The van der Waals surface area contributed by atoms with Crippen molar-refractivity contribution in [2.45, 2.75) is 82.6 Å². The molecule has 0 aliphatic heterocycles. The van der Waals surface area contributed by atoms with Crippen LogP contribution in [0.15, 0.2) is 4.52 Å². The van der Waals surface area contributed by atoms with E-state index in [0.29, 0.717) is 17.9 Å². The Balaban J connectivity index is 1.71. The lowest BCUT2D eigenvalue weighted by Gasteiger charge is -2.23. The maximum Gasteiger partial charge on any atom is 0.231 e. The van der Waals surface area contributed by atoms with Crippen LogP contribution in [0.3, 0.4) is 0 Å². The lowest BCUT2D eigenvalue weighted by atomic mass is 9.85. The summed E-state index contributed by atoms with van der Waals surface area (Å²) in [5.41, 5.74) is 0. The van der Waals surface area contributed by atoms with Crippen LogP contribution in [0.1, 0.15) is 88.3 Å². The third kappa shape index (κ3) is 3.05. The molecule has 2 aliphatic carbocycles. The number of rotatable bonds is 5. The second-order valence-electron chi connectivity index (χ2n) is 6.42. The molecule has 0 amide bonds. The Morgan fingerprint density at radius 3 is 2.70 bits per heavy atom. The predicted molar refractivity (Wildman–Crippen MR) is 78.8 cm³/mol. The molecule has 20 heavy (non-hydrogen) atoms. The molecule has 4 nitrogen and oxygen atoms in total. The van der Waals surface area contributed by atoms with E-state index in [0.717, 1.165) is 18.3 Å². The molecule has 2 atom stereocenters. The average Bonchev–Trinajstić information content (AvgIpc) is 2.73. The lowest BCUT2D eigenvalue weighted by molar-refractivity contribution is 0.298. The Kier molecular flexibility index (Phi) is 4.71. The molecule has 2 aliphatic rings. The van der Waals surface area contributed by atoms with Crippen LogP contribution in [0.2, 0.25) is 0 Å². The molecule has 1 N–H and O–H groups in total. The molecule has 2 unspecified atom stereocenters. The number of nitrogens with zero attached hydrogens (tertiary/aromatic N) is 2. The van der Waals surface area contributed by atoms with Gasteiger partial charge in [0.15, 0.2) is 5.82 Å². The molecule has 1 aromatic heterocycles. The van der Waals surface area contributed by atoms with Crippen LogP contribution in [0.25, 0.3) is 0 Å². The minimum Gasteiger partial charge on any atom is -0.339 e. The van der Waals surface area contributed by atoms with Crippen LogP contribution in [-0.2, 0) is 0 Å². The summed E-state index contributed by atoms with van der Waals surface area (Å²) >= 11 is 0. The summed E-state index contributed by atoms with van der Waals surface area (Å²) in [5, 5.41) is 7.94. The molecule has 2 fully saturated rings. The highest BCUT2D eigenvalue weighted by Crippen LogP contribution is 2.36. The van der Waals surface area contributed by atoms with Crippen LogP contribution < -0.4 is 5.32 Å². The van der Waals surface area contributed by atoms with Crippen LogP contribution in [0.4, 0.5) is 0 Å². The van der Waals surface area contributed by atoms with Gasteiger partial charge in [0.2, 0.25) is 5.89 Å². The molecule has 0 bridgehead atoms. The van der Waals surface area contributed by atoms with Gasteiger partial charge in [0.1, 0.15) is 0 Å². The number of nitrogens with one attached hydrogen (secondary N) is 1. The fraction of sp³-hybridized carbons (Fsp3) is 0.875. The van der Waals surface area contributed by atoms with Crippen molar-refractivity contribution < 1.29 is 4.52 Å². The van der Waals surface area contributed by atoms with E-state index in [1.807, 2.05) is 0 Å². The molecule has 112 valence electrons. The minimum absolute atomic E-state index is 0.422. The van der Waals surface area contributed by atoms with Crippen molar-refractivity contribution in [3.63, 3.8) is 0 Å². The van der Waals surface area contributed by atoms with Crippen molar-refractivity contribution in [1.82, 2.24) is 15.5 Å². The quantitative estimate of drug-likeness (QED) is 0.833. The smallest absolute Gasteiger partial charge is 0.231 e. The number of aromatic nitrogens is 2. The zero-order valence-electron chi connectivity index (χ0n) is 12.6. The molecule has 2 saturated carbocycles. The Morgan fingerprint density at radius 1 is 1.10 bits per heavy atom. The first kappa shape index (κ1) is 14.1. The van der Waals surface area contributed by atoms with Crippen LogP contribution in [-0.4, -0.2) is 22.7 Å². The Labute approximate surface area is 121 Å². The van der Waals surface area contributed by atoms with Crippen LogP contribution >= 0.6 is 0 Å². The lowest BCUT2D eigenvalue weighted by Crippen LogP contribution is -2.35. The molecule has 3 rings (SSSR count). The van der Waals surface area contributed by atoms with Gasteiger partial charge in [-0.1, -0.05) is 37.8 Å². The van der Waals surface area contributed by atoms with E-state index in [1.54, 1.807) is 0 Å². The van der Waals surface area contributed by atoms with Gasteiger partial charge in [-0.25, -0.2) is 0 Å². The highest BCUT2D eigenvalue weighted by molar-refractivity contribution is 5.05. The predicted octanol–water partition coefficient (Wildman–Crippen LogP) is 3.75. The maximum absolute atomic E-state index is 5.63. The number of hydrogen-bond donors (Lipinski definition) is 1. The zero-order chi connectivity index (χ0) is 13.8. The van der Waals surface area contributed by atoms with Gasteiger partial charge in [0.05, 0.1) is 5.92 Å². The summed E-state index contributed by atoms with van der Waals surface area (Å²) in [7, 11) is 0. The highest BCUT2D eigenvalue weighted by Gasteiger charge is 2.31. The summed E-state index contributed by atoms with van der Waals surface area (Å²) in [6.45, 7) is 3.31. The van der Waals surface area contributed by atoms with E-state index < -0.39 is 0 Å². The van der Waals surface area contributed by atoms with E-state index in [9.17, 15) is 0 Å². The SMILES string of the molecule is CCCNC1CCCCCC1c1nc(C2CCC2)no1. The summed E-state index contributed by atoms with van der Waals surface area (Å²) in [5.74, 6) is 2.85. The molecule has 4 heteroatoms. The monoisotopic (exact) mass is 277 g/mol. The maximum atomic E-state index is 5.63. The average molecular weight is 277 g/mol. The first-order valence-electron chi connectivity index (χ1n) is 8.45. The van der Waals surface area contributed by atoms with Crippen molar-refractivity contribution in [3.05, 3.63) is 11.7 Å². The third-order valence-corrected chi connectivity index (χ3v) is 4.92. The van der Waals surface area contributed by atoms with Gasteiger partial charge in [0.25, 0.3) is 0 Å². The normalized spacial score (nSPS) is 28.1. The summed E-state index contributed by atoms with van der Waals surface area (Å²) in [4.78, 5) is 4.74. The largest absolute Gasteiger partial charge is 0.339 e. The molecule has 1 aromatic rings. The van der Waals surface area contributed by atoms with E-state index >= 15 is 0 Å². The third-order valence-electron chi connectivity index (χ3n) is 4.92. The molecule has 0 radical (unpaired) electrons. The van der Waals surface area contributed by atoms with Gasteiger partial charge in [-0.3, -0.25) is 0 Å². The summed E-state index contributed by atoms with van der Waals surface area (Å²) in [6, 6.07) is 0.521. The van der Waals surface area contributed by atoms with Crippen molar-refractivity contribution in [2.75, 3.05) is 6.54 Å². The number of hydrogen-bond acceptors (Lipinski definition) is 4. The molecular weight excluding hydrogens is 250 g/mol. The Morgan fingerprint density at radius 2 is 1.95 bits per heavy atom. The van der Waals surface area contributed by atoms with Crippen LogP contribution in [0.5, 0.6) is 0 Å². The van der Waals surface area contributed by atoms with Gasteiger partial charge < -0.3 is 9.84 Å². The van der Waals surface area contributed by atoms with Crippen molar-refractivity contribution in [1.29, 1.82) is 0 Å². The molecule has 0 spiro atoms. The molecule has 1 heterocycles. The second kappa shape index (κ2) is 6.70. The van der Waals surface area contributed by atoms with E-state index in [1.165, 1.54) is 57.8 Å². The van der Waals surface area contributed by atoms with Gasteiger partial charge in [-0.2, -0.15) is 4.98 Å². The molecule has 0 aromatic carbocycles. The van der Waals surface area contributed by atoms with E-state index in [-0.39, 0.29) is 0 Å². The molecule has 0 saturated heterocycles. The van der Waals surface area contributed by atoms with Crippen molar-refractivity contribution >= 4 is 0 Å². The van der Waals surface area contributed by atoms with Gasteiger partial charge in [-0.05, 0) is 38.6 Å². The van der Waals surface area contributed by atoms with E-state index in [4.69, 9.17) is 9.51 Å². The Hall–Kier alpha value is -0.900. The van der Waals surface area contributed by atoms with Gasteiger partial charge in [-0.15, -0.1) is 0 Å². The molecular formula is C16H27N3O. The highest BCUT2D eigenvalue weighted by atomic mass is 16.5. The zero-order valence-corrected chi connectivity index (χ0v) is 12.6. The fourth-order valence-electron chi connectivity index (χ4n) is 3.41. The van der Waals surface area contributed by atoms with Crippen LogP contribution in [0, 0.1) is 0 Å².